The molecule has 0 radical (unpaired) electrons. The maximum Gasteiger partial charge on any atom is 0.472 e. The normalized spacial score (nSPS) is 14.3. The number of esters is 1. The van der Waals surface area contributed by atoms with Crippen LogP contribution < -0.4 is 0 Å². The Morgan fingerprint density at radius 2 is 1.09 bits per heavy atom. The van der Waals surface area contributed by atoms with Crippen LogP contribution in [-0.4, -0.2) is 75.6 Å². The highest BCUT2D eigenvalue weighted by Crippen LogP contribution is 2.43. The predicted octanol–water partition coefficient (Wildman–Crippen LogP) is 12.4. The molecule has 0 aromatic carbocycles. The molecule has 0 amide bonds. The fraction of sp³-hybridized carbons (Fsp3) is 0.795. The summed E-state index contributed by atoms with van der Waals surface area (Å²) in [6, 6.07) is 0. The minimum atomic E-state index is -4.26. The number of rotatable bonds is 39. The van der Waals surface area contributed by atoms with Crippen LogP contribution in [0.15, 0.2) is 48.6 Å². The maximum atomic E-state index is 12.5. The van der Waals surface area contributed by atoms with Gasteiger partial charge in [-0.15, -0.1) is 0 Å². The van der Waals surface area contributed by atoms with Gasteiger partial charge in [0.25, 0.3) is 0 Å². The Hall–Kier alpha value is -1.54. The van der Waals surface area contributed by atoms with Crippen molar-refractivity contribution < 1.29 is 37.3 Å². The van der Waals surface area contributed by atoms with Gasteiger partial charge in [0.2, 0.25) is 0 Å². The zero-order valence-electron chi connectivity index (χ0n) is 35.0. The number of carbonyl (C=O) groups excluding carboxylic acids is 1. The second-order valence-electron chi connectivity index (χ2n) is 15.3. The molecule has 0 aliphatic rings. The molecule has 53 heavy (non-hydrogen) atoms. The minimum absolute atomic E-state index is 0.0875. The summed E-state index contributed by atoms with van der Waals surface area (Å²) < 4.78 is 34.8. The van der Waals surface area contributed by atoms with Gasteiger partial charge in [0.15, 0.2) is 0 Å². The van der Waals surface area contributed by atoms with Crippen LogP contribution in [0.25, 0.3) is 0 Å². The van der Waals surface area contributed by atoms with Gasteiger partial charge < -0.3 is 18.9 Å². The summed E-state index contributed by atoms with van der Waals surface area (Å²) in [5, 5.41) is 0. The van der Waals surface area contributed by atoms with Crippen molar-refractivity contribution in [3.8, 4) is 0 Å². The third-order valence-electron chi connectivity index (χ3n) is 8.90. The van der Waals surface area contributed by atoms with Gasteiger partial charge in [-0.3, -0.25) is 13.8 Å². The predicted molar refractivity (Wildman–Crippen MR) is 224 cm³/mol. The molecule has 0 aliphatic carbocycles. The summed E-state index contributed by atoms with van der Waals surface area (Å²) in [6.45, 7) is 5.46. The zero-order chi connectivity index (χ0) is 39.1. The highest BCUT2D eigenvalue weighted by molar-refractivity contribution is 7.47. The van der Waals surface area contributed by atoms with Crippen molar-refractivity contribution >= 4 is 13.8 Å². The maximum absolute atomic E-state index is 12.5. The molecule has 0 spiro atoms. The van der Waals surface area contributed by atoms with E-state index in [0.29, 0.717) is 24.1 Å². The number of carbonyl (C=O) groups is 1. The number of allylic oxidation sites excluding steroid dienone is 8. The van der Waals surface area contributed by atoms with Crippen LogP contribution in [0.2, 0.25) is 0 Å². The number of likely N-dealkylation sites (N-methyl/N-ethyl adjacent to an activating group) is 1. The molecule has 0 aliphatic heterocycles. The number of phosphoric ester groups is 1. The third kappa shape index (κ3) is 41.5. The van der Waals surface area contributed by atoms with Crippen LogP contribution in [0, 0.1) is 0 Å². The van der Waals surface area contributed by atoms with Gasteiger partial charge in [-0.05, 0) is 51.4 Å². The second-order valence-corrected chi connectivity index (χ2v) is 16.8. The fourth-order valence-electron chi connectivity index (χ4n) is 5.60. The number of nitrogens with zero attached hydrogens (tertiary/aromatic N) is 1. The first-order chi connectivity index (χ1) is 25.6. The van der Waals surface area contributed by atoms with Crippen molar-refractivity contribution in [2.45, 2.75) is 174 Å². The van der Waals surface area contributed by atoms with Gasteiger partial charge in [-0.2, -0.15) is 0 Å². The monoisotopic (exact) mass is 769 g/mol. The summed E-state index contributed by atoms with van der Waals surface area (Å²) in [4.78, 5) is 22.7. The Bertz CT molecular complexity index is 989. The molecule has 0 saturated carbocycles. The first-order valence-corrected chi connectivity index (χ1v) is 22.9. The quantitative estimate of drug-likeness (QED) is 0.0219. The molecular weight excluding hydrogens is 685 g/mol. The fourth-order valence-corrected chi connectivity index (χ4v) is 6.34. The summed E-state index contributed by atoms with van der Waals surface area (Å²) in [7, 11) is 1.66. The number of hydrogen-bond donors (Lipinski definition) is 1. The molecule has 1 N–H and O–H groups in total. The Morgan fingerprint density at radius 3 is 1.64 bits per heavy atom. The van der Waals surface area contributed by atoms with E-state index in [1.807, 2.05) is 21.1 Å². The van der Waals surface area contributed by atoms with Crippen molar-refractivity contribution in [2.24, 2.45) is 0 Å². The Balaban J connectivity index is 4.03. The average molecular weight is 769 g/mol. The van der Waals surface area contributed by atoms with E-state index < -0.39 is 13.9 Å². The van der Waals surface area contributed by atoms with E-state index in [9.17, 15) is 14.3 Å². The topological polar surface area (TPSA) is 91.3 Å². The standard InChI is InChI=1S/C44H82NO7P/c1-6-8-10-12-14-15-16-17-18-19-20-21-22-23-24-25-26-27-28-29-30-32-34-36-39-49-41-43(42-51-53(47,48)50-40-38-45(3,4)5)52-44(46)37-35-33-31-13-11-9-7-2/h8,10,14-15,17-18,20-21,43H,6-7,9,11-13,16,19,22-42H2,1-5H3/p+1/b10-8-,15-14-,18-17-,21-20-. The number of quaternary nitrogens is 1. The molecule has 0 saturated heterocycles. The molecule has 0 fully saturated rings. The van der Waals surface area contributed by atoms with Gasteiger partial charge >= 0.3 is 13.8 Å². The van der Waals surface area contributed by atoms with Crippen molar-refractivity contribution in [2.75, 3.05) is 54.1 Å². The lowest BCUT2D eigenvalue weighted by Crippen LogP contribution is -2.37. The second kappa shape index (κ2) is 37.4. The Morgan fingerprint density at radius 1 is 0.604 bits per heavy atom. The van der Waals surface area contributed by atoms with Crippen molar-refractivity contribution in [3.05, 3.63) is 48.6 Å². The molecule has 0 heterocycles. The molecule has 8 nitrogen and oxygen atoms in total. The van der Waals surface area contributed by atoms with Gasteiger partial charge in [-0.1, -0.05) is 159 Å². The Labute approximate surface area is 327 Å². The summed E-state index contributed by atoms with van der Waals surface area (Å²) in [6.07, 6.45) is 44.5. The average Bonchev–Trinajstić information content (AvgIpc) is 3.11. The highest BCUT2D eigenvalue weighted by Gasteiger charge is 2.26. The zero-order valence-corrected chi connectivity index (χ0v) is 35.9. The van der Waals surface area contributed by atoms with Gasteiger partial charge in [0.05, 0.1) is 34.4 Å². The minimum Gasteiger partial charge on any atom is -0.457 e. The SMILES string of the molecule is CC/C=C\C/C=C\C/C=C\C/C=C\CCCCCCCCCCCCCOCC(COP(=O)(O)OCC[N+](C)(C)C)OC(=O)CCCCCCCCC. The molecule has 310 valence electrons. The van der Waals surface area contributed by atoms with E-state index in [0.717, 1.165) is 57.8 Å². The van der Waals surface area contributed by atoms with E-state index in [1.54, 1.807) is 0 Å². The number of unbranched alkanes of at least 4 members (excludes halogenated alkanes) is 17. The molecule has 9 heteroatoms. The lowest BCUT2D eigenvalue weighted by Gasteiger charge is -2.24. The van der Waals surface area contributed by atoms with Crippen LogP contribution in [0.4, 0.5) is 0 Å². The van der Waals surface area contributed by atoms with E-state index in [-0.39, 0.29) is 25.8 Å². The third-order valence-corrected chi connectivity index (χ3v) is 9.89. The van der Waals surface area contributed by atoms with E-state index in [1.165, 1.54) is 89.9 Å². The molecule has 0 bridgehead atoms. The first kappa shape index (κ1) is 51.5. The van der Waals surface area contributed by atoms with Crippen LogP contribution in [-0.2, 0) is 27.9 Å². The summed E-state index contributed by atoms with van der Waals surface area (Å²) in [5.41, 5.74) is 0. The first-order valence-electron chi connectivity index (χ1n) is 21.4. The van der Waals surface area contributed by atoms with E-state index in [2.05, 4.69) is 62.5 Å². The number of hydrogen-bond acceptors (Lipinski definition) is 6. The van der Waals surface area contributed by atoms with Crippen LogP contribution >= 0.6 is 7.82 Å². The smallest absolute Gasteiger partial charge is 0.457 e. The highest BCUT2D eigenvalue weighted by atomic mass is 31.2. The molecule has 2 atom stereocenters. The van der Waals surface area contributed by atoms with Crippen LogP contribution in [0.1, 0.15) is 168 Å². The summed E-state index contributed by atoms with van der Waals surface area (Å²) >= 11 is 0. The molecule has 0 rings (SSSR count). The van der Waals surface area contributed by atoms with Crippen molar-refractivity contribution in [3.63, 3.8) is 0 Å². The molecule has 0 aromatic rings. The van der Waals surface area contributed by atoms with Crippen molar-refractivity contribution in [1.82, 2.24) is 0 Å². The van der Waals surface area contributed by atoms with Crippen molar-refractivity contribution in [1.29, 1.82) is 0 Å². The summed E-state index contributed by atoms with van der Waals surface area (Å²) in [5.74, 6) is -0.323. The number of phosphoric acid groups is 1. The van der Waals surface area contributed by atoms with Gasteiger partial charge in [0, 0.05) is 13.0 Å². The Kier molecular flexibility index (Phi) is 36.3. The van der Waals surface area contributed by atoms with Crippen LogP contribution in [0.3, 0.4) is 0 Å². The van der Waals surface area contributed by atoms with E-state index in [4.69, 9.17) is 18.5 Å². The van der Waals surface area contributed by atoms with Gasteiger partial charge in [-0.25, -0.2) is 4.57 Å². The molecular formula is C44H83NO7P+. The molecule has 2 unspecified atom stereocenters. The number of ether oxygens (including phenoxy) is 2. The van der Waals surface area contributed by atoms with Crippen LogP contribution in [0.5, 0.6) is 0 Å². The largest absolute Gasteiger partial charge is 0.472 e. The lowest BCUT2D eigenvalue weighted by atomic mass is 10.1. The lowest BCUT2D eigenvalue weighted by molar-refractivity contribution is -0.870. The molecule has 0 aromatic heterocycles. The van der Waals surface area contributed by atoms with E-state index >= 15 is 0 Å². The van der Waals surface area contributed by atoms with Gasteiger partial charge in [0.1, 0.15) is 19.3 Å².